The van der Waals surface area contributed by atoms with Crippen LogP contribution in [-0.4, -0.2) is 23.3 Å². The van der Waals surface area contributed by atoms with Gasteiger partial charge in [0.05, 0.1) is 10.9 Å². The van der Waals surface area contributed by atoms with Crippen molar-refractivity contribution in [1.82, 2.24) is 4.90 Å². The van der Waals surface area contributed by atoms with E-state index in [-0.39, 0.29) is 22.7 Å². The van der Waals surface area contributed by atoms with Crippen LogP contribution in [0.25, 0.3) is 0 Å². The molecule has 0 spiro atoms. The number of hydrogen-bond donors (Lipinski definition) is 2. The normalized spacial score (nSPS) is 11.2. The second kappa shape index (κ2) is 6.71. The van der Waals surface area contributed by atoms with Crippen molar-refractivity contribution < 1.29 is 4.39 Å². The molecule has 0 saturated carbocycles. The largest absolute Gasteiger partial charge is 0.388 e. The minimum atomic E-state index is -0.368. The minimum absolute atomic E-state index is 0.141. The molecule has 0 amide bonds. The summed E-state index contributed by atoms with van der Waals surface area (Å²) in [7, 11) is 0. The van der Waals surface area contributed by atoms with Gasteiger partial charge >= 0.3 is 0 Å². The second-order valence-corrected chi connectivity index (χ2v) is 4.96. The molecular formula is C13H19ClFN3. The number of hydrogen-bond acceptors (Lipinski definition) is 2. The Bertz CT molecular complexity index is 421. The van der Waals surface area contributed by atoms with Crippen LogP contribution in [0.2, 0.25) is 5.02 Å². The van der Waals surface area contributed by atoms with Gasteiger partial charge in [0.25, 0.3) is 0 Å². The molecule has 1 aromatic carbocycles. The van der Waals surface area contributed by atoms with Crippen LogP contribution in [0.4, 0.5) is 4.39 Å². The van der Waals surface area contributed by atoms with Crippen LogP contribution in [-0.2, 0) is 6.54 Å². The van der Waals surface area contributed by atoms with Crippen LogP contribution in [0.5, 0.6) is 0 Å². The third-order valence-corrected chi connectivity index (χ3v) is 3.10. The van der Waals surface area contributed by atoms with Crippen molar-refractivity contribution in [2.75, 3.05) is 6.54 Å². The Morgan fingerprint density at radius 1 is 1.50 bits per heavy atom. The Morgan fingerprint density at radius 2 is 2.17 bits per heavy atom. The van der Waals surface area contributed by atoms with E-state index in [0.29, 0.717) is 25.1 Å². The van der Waals surface area contributed by atoms with E-state index >= 15 is 0 Å². The molecule has 0 bridgehead atoms. The van der Waals surface area contributed by atoms with E-state index in [2.05, 4.69) is 4.90 Å². The lowest BCUT2D eigenvalue weighted by Gasteiger charge is -2.26. The number of halogens is 2. The van der Waals surface area contributed by atoms with Gasteiger partial charge in [-0.25, -0.2) is 4.39 Å². The fourth-order valence-corrected chi connectivity index (χ4v) is 1.87. The SMILES string of the molecule is CC(C)N(CCC(=N)N)Cc1cccc(Cl)c1F. The highest BCUT2D eigenvalue weighted by molar-refractivity contribution is 6.30. The fraction of sp³-hybridized carbons (Fsp3) is 0.462. The molecule has 0 heterocycles. The van der Waals surface area contributed by atoms with E-state index in [0.717, 1.165) is 0 Å². The molecule has 5 heteroatoms. The average molecular weight is 272 g/mol. The highest BCUT2D eigenvalue weighted by Crippen LogP contribution is 2.20. The second-order valence-electron chi connectivity index (χ2n) is 4.55. The predicted octanol–water partition coefficient (Wildman–Crippen LogP) is 3.02. The summed E-state index contributed by atoms with van der Waals surface area (Å²) in [6.07, 6.45) is 0.486. The third kappa shape index (κ3) is 4.27. The van der Waals surface area contributed by atoms with E-state index in [1.54, 1.807) is 12.1 Å². The predicted molar refractivity (Wildman–Crippen MR) is 73.5 cm³/mol. The Hall–Kier alpha value is -1.13. The van der Waals surface area contributed by atoms with E-state index in [4.69, 9.17) is 22.7 Å². The first-order valence-corrected chi connectivity index (χ1v) is 6.29. The molecule has 3 nitrogen and oxygen atoms in total. The third-order valence-electron chi connectivity index (χ3n) is 2.80. The molecule has 0 saturated heterocycles. The zero-order chi connectivity index (χ0) is 13.7. The topological polar surface area (TPSA) is 53.1 Å². The highest BCUT2D eigenvalue weighted by atomic mass is 35.5. The summed E-state index contributed by atoms with van der Waals surface area (Å²) >= 11 is 5.76. The van der Waals surface area contributed by atoms with Gasteiger partial charge in [-0.2, -0.15) is 0 Å². The van der Waals surface area contributed by atoms with Crippen molar-refractivity contribution >= 4 is 17.4 Å². The highest BCUT2D eigenvalue weighted by Gasteiger charge is 2.14. The van der Waals surface area contributed by atoms with Gasteiger partial charge in [-0.1, -0.05) is 23.7 Å². The first kappa shape index (κ1) is 14.9. The van der Waals surface area contributed by atoms with Crippen molar-refractivity contribution in [1.29, 1.82) is 5.41 Å². The van der Waals surface area contributed by atoms with Gasteiger partial charge in [0, 0.05) is 31.1 Å². The molecule has 0 aliphatic rings. The zero-order valence-electron chi connectivity index (χ0n) is 10.7. The molecule has 1 rings (SSSR count). The van der Waals surface area contributed by atoms with E-state index in [1.807, 2.05) is 13.8 Å². The summed E-state index contributed by atoms with van der Waals surface area (Å²) < 4.78 is 13.8. The molecule has 18 heavy (non-hydrogen) atoms. The Balaban J connectivity index is 2.77. The number of benzene rings is 1. The summed E-state index contributed by atoms with van der Waals surface area (Å²) in [6, 6.07) is 5.26. The summed E-state index contributed by atoms with van der Waals surface area (Å²) in [5.74, 6) is -0.222. The van der Waals surface area contributed by atoms with Crippen molar-refractivity contribution in [3.63, 3.8) is 0 Å². The molecule has 0 atom stereocenters. The van der Waals surface area contributed by atoms with Gasteiger partial charge in [-0.15, -0.1) is 0 Å². The van der Waals surface area contributed by atoms with Gasteiger partial charge in [0.1, 0.15) is 5.82 Å². The molecule has 0 unspecified atom stereocenters. The van der Waals surface area contributed by atoms with Crippen LogP contribution < -0.4 is 5.73 Å². The van der Waals surface area contributed by atoms with E-state index in [9.17, 15) is 4.39 Å². The summed E-state index contributed by atoms with van der Waals surface area (Å²) in [4.78, 5) is 2.07. The molecule has 0 aliphatic carbocycles. The lowest BCUT2D eigenvalue weighted by atomic mass is 10.1. The molecular weight excluding hydrogens is 253 g/mol. The average Bonchev–Trinajstić information content (AvgIpc) is 2.29. The van der Waals surface area contributed by atoms with Crippen LogP contribution in [0.3, 0.4) is 0 Å². The Kier molecular flexibility index (Phi) is 5.56. The summed E-state index contributed by atoms with van der Waals surface area (Å²) in [5.41, 5.74) is 5.92. The molecule has 100 valence electrons. The Morgan fingerprint density at radius 3 is 2.72 bits per heavy atom. The quantitative estimate of drug-likeness (QED) is 0.617. The maximum absolute atomic E-state index is 13.8. The molecule has 0 radical (unpaired) electrons. The van der Waals surface area contributed by atoms with Crippen molar-refractivity contribution in [2.45, 2.75) is 32.9 Å². The van der Waals surface area contributed by atoms with Crippen molar-refractivity contribution in [2.24, 2.45) is 5.73 Å². The minimum Gasteiger partial charge on any atom is -0.388 e. The van der Waals surface area contributed by atoms with Crippen molar-refractivity contribution in [3.8, 4) is 0 Å². The molecule has 0 aromatic heterocycles. The van der Waals surface area contributed by atoms with Gasteiger partial charge < -0.3 is 5.73 Å². The smallest absolute Gasteiger partial charge is 0.146 e. The molecule has 0 aliphatic heterocycles. The number of nitrogens with zero attached hydrogens (tertiary/aromatic N) is 1. The van der Waals surface area contributed by atoms with Crippen LogP contribution in [0, 0.1) is 11.2 Å². The number of rotatable bonds is 6. The Labute approximate surface area is 112 Å². The summed E-state index contributed by atoms with van der Waals surface area (Å²) in [6.45, 7) is 5.17. The van der Waals surface area contributed by atoms with Gasteiger partial charge in [0.2, 0.25) is 0 Å². The maximum atomic E-state index is 13.8. The molecule has 3 N–H and O–H groups in total. The van der Waals surface area contributed by atoms with Gasteiger partial charge in [0.15, 0.2) is 0 Å². The summed E-state index contributed by atoms with van der Waals surface area (Å²) in [5, 5.41) is 7.38. The van der Waals surface area contributed by atoms with Crippen LogP contribution in [0.15, 0.2) is 18.2 Å². The van der Waals surface area contributed by atoms with Crippen molar-refractivity contribution in [3.05, 3.63) is 34.6 Å². The van der Waals surface area contributed by atoms with E-state index < -0.39 is 0 Å². The van der Waals surface area contributed by atoms with E-state index in [1.165, 1.54) is 6.07 Å². The molecule has 1 aromatic rings. The number of nitrogens with one attached hydrogen (secondary N) is 1. The maximum Gasteiger partial charge on any atom is 0.146 e. The monoisotopic (exact) mass is 271 g/mol. The van der Waals surface area contributed by atoms with Crippen LogP contribution in [0.1, 0.15) is 25.8 Å². The standard InChI is InChI=1S/C13H19ClFN3/c1-9(2)18(7-6-12(16)17)8-10-4-3-5-11(14)13(10)15/h3-5,9H,6-8H2,1-2H3,(H3,16,17). The zero-order valence-corrected chi connectivity index (χ0v) is 11.5. The van der Waals surface area contributed by atoms with Crippen LogP contribution >= 0.6 is 11.6 Å². The molecule has 0 fully saturated rings. The number of amidine groups is 1. The number of nitrogens with two attached hydrogens (primary N) is 1. The lowest BCUT2D eigenvalue weighted by molar-refractivity contribution is 0.216. The van der Waals surface area contributed by atoms with Gasteiger partial charge in [-0.05, 0) is 19.9 Å². The first-order chi connectivity index (χ1) is 8.41. The van der Waals surface area contributed by atoms with Gasteiger partial charge in [-0.3, -0.25) is 10.3 Å². The lowest BCUT2D eigenvalue weighted by Crippen LogP contribution is -2.33. The first-order valence-electron chi connectivity index (χ1n) is 5.91. The fourth-order valence-electron chi connectivity index (χ4n) is 1.67.